The Hall–Kier alpha value is -1.62. The number of nitro groups is 1. The molecule has 1 aliphatic carbocycles. The van der Waals surface area contributed by atoms with Crippen LogP contribution in [0.5, 0.6) is 0 Å². The Balaban J connectivity index is 2.17. The van der Waals surface area contributed by atoms with Gasteiger partial charge in [-0.3, -0.25) is 15.0 Å². The summed E-state index contributed by atoms with van der Waals surface area (Å²) >= 11 is 0. The normalized spacial score (nSPS) is 14.8. The van der Waals surface area contributed by atoms with E-state index in [2.05, 4.69) is 17.1 Å². The lowest BCUT2D eigenvalue weighted by molar-refractivity contribution is -0.384. The van der Waals surface area contributed by atoms with Crippen molar-refractivity contribution in [1.82, 2.24) is 4.90 Å². The van der Waals surface area contributed by atoms with Gasteiger partial charge in [0.2, 0.25) is 0 Å². The fraction of sp³-hybridized carbons (Fsp3) is 0.538. The Morgan fingerprint density at radius 1 is 1.50 bits per heavy atom. The lowest BCUT2D eigenvalue weighted by Gasteiger charge is -2.19. The van der Waals surface area contributed by atoms with Gasteiger partial charge in [-0.05, 0) is 31.0 Å². The van der Waals surface area contributed by atoms with Gasteiger partial charge in [0.05, 0.1) is 4.92 Å². The zero-order valence-electron chi connectivity index (χ0n) is 10.8. The molecule has 1 aromatic carbocycles. The largest absolute Gasteiger partial charge is 0.383 e. The Kier molecular flexibility index (Phi) is 3.81. The van der Waals surface area contributed by atoms with Gasteiger partial charge >= 0.3 is 0 Å². The monoisotopic (exact) mass is 249 g/mol. The van der Waals surface area contributed by atoms with Crippen molar-refractivity contribution < 1.29 is 4.92 Å². The first-order valence-corrected chi connectivity index (χ1v) is 6.34. The number of hydrogen-bond acceptors (Lipinski definition) is 4. The summed E-state index contributed by atoms with van der Waals surface area (Å²) in [4.78, 5) is 13.0. The molecule has 1 aliphatic rings. The molecule has 1 aromatic rings. The van der Waals surface area contributed by atoms with Gasteiger partial charge in [0.15, 0.2) is 0 Å². The van der Waals surface area contributed by atoms with E-state index in [0.29, 0.717) is 11.7 Å². The highest BCUT2D eigenvalue weighted by Gasteiger charge is 2.28. The van der Waals surface area contributed by atoms with Crippen molar-refractivity contribution in [3.8, 4) is 0 Å². The molecule has 0 unspecified atom stereocenters. The van der Waals surface area contributed by atoms with Crippen LogP contribution in [-0.4, -0.2) is 29.5 Å². The van der Waals surface area contributed by atoms with Crippen LogP contribution in [0.4, 0.5) is 11.4 Å². The fourth-order valence-electron chi connectivity index (χ4n) is 2.21. The number of benzene rings is 1. The van der Waals surface area contributed by atoms with Crippen LogP contribution in [0.25, 0.3) is 0 Å². The second-order valence-electron chi connectivity index (χ2n) is 4.65. The number of hydrogen-bond donors (Lipinski definition) is 1. The molecule has 1 saturated carbocycles. The van der Waals surface area contributed by atoms with Gasteiger partial charge in [-0.1, -0.05) is 13.0 Å². The van der Waals surface area contributed by atoms with E-state index in [1.54, 1.807) is 19.2 Å². The Morgan fingerprint density at radius 2 is 2.22 bits per heavy atom. The summed E-state index contributed by atoms with van der Waals surface area (Å²) in [5.74, 6) is 0. The third-order valence-corrected chi connectivity index (χ3v) is 3.38. The highest BCUT2D eigenvalue weighted by Crippen LogP contribution is 2.30. The summed E-state index contributed by atoms with van der Waals surface area (Å²) < 4.78 is 0. The number of rotatable bonds is 6. The van der Waals surface area contributed by atoms with Gasteiger partial charge < -0.3 is 5.32 Å². The fourth-order valence-corrected chi connectivity index (χ4v) is 2.21. The molecule has 0 spiro atoms. The maximum Gasteiger partial charge on any atom is 0.292 e. The lowest BCUT2D eigenvalue weighted by Crippen LogP contribution is -2.25. The van der Waals surface area contributed by atoms with Crippen molar-refractivity contribution in [2.24, 2.45) is 0 Å². The summed E-state index contributed by atoms with van der Waals surface area (Å²) in [6.07, 6.45) is 2.51. The standard InChI is InChI=1S/C13H19N3O2/c1-3-15(11-5-6-11)9-10-4-7-12(14-2)13(8-10)16(17)18/h4,7-8,11,14H,3,5-6,9H2,1-2H3. The maximum absolute atomic E-state index is 11.0. The molecule has 0 bridgehead atoms. The molecule has 98 valence electrons. The van der Waals surface area contributed by atoms with Crippen molar-refractivity contribution in [2.75, 3.05) is 18.9 Å². The van der Waals surface area contributed by atoms with E-state index in [9.17, 15) is 10.1 Å². The van der Waals surface area contributed by atoms with Crippen LogP contribution < -0.4 is 5.32 Å². The molecular formula is C13H19N3O2. The summed E-state index contributed by atoms with van der Waals surface area (Å²) in [6.45, 7) is 3.92. The van der Waals surface area contributed by atoms with E-state index in [1.165, 1.54) is 12.8 Å². The SMILES string of the molecule is CCN(Cc1ccc(NC)c([N+](=O)[O-])c1)C1CC1. The second-order valence-corrected chi connectivity index (χ2v) is 4.65. The van der Waals surface area contributed by atoms with Crippen LogP contribution in [0.2, 0.25) is 0 Å². The topological polar surface area (TPSA) is 58.4 Å². The molecule has 0 saturated heterocycles. The van der Waals surface area contributed by atoms with Crippen LogP contribution in [0.3, 0.4) is 0 Å². The van der Waals surface area contributed by atoms with Crippen LogP contribution in [0.15, 0.2) is 18.2 Å². The Morgan fingerprint density at radius 3 is 2.72 bits per heavy atom. The Labute approximate surface area is 107 Å². The predicted molar refractivity (Wildman–Crippen MR) is 71.7 cm³/mol. The van der Waals surface area contributed by atoms with Crippen LogP contribution in [0.1, 0.15) is 25.3 Å². The third kappa shape index (κ3) is 2.79. The Bertz CT molecular complexity index is 444. The molecule has 5 heteroatoms. The average Bonchev–Trinajstić information content (AvgIpc) is 3.19. The molecule has 0 radical (unpaired) electrons. The van der Waals surface area contributed by atoms with Crippen LogP contribution in [-0.2, 0) is 6.54 Å². The van der Waals surface area contributed by atoms with Crippen LogP contribution in [0, 0.1) is 10.1 Å². The minimum Gasteiger partial charge on any atom is -0.383 e. The number of nitro benzene ring substituents is 1. The maximum atomic E-state index is 11.0. The lowest BCUT2D eigenvalue weighted by atomic mass is 10.1. The number of nitrogens with zero attached hydrogens (tertiary/aromatic N) is 2. The van der Waals surface area contributed by atoms with Crippen molar-refractivity contribution in [1.29, 1.82) is 0 Å². The third-order valence-electron chi connectivity index (χ3n) is 3.38. The molecule has 0 amide bonds. The molecule has 0 heterocycles. The minimum atomic E-state index is -0.331. The van der Waals surface area contributed by atoms with E-state index in [-0.39, 0.29) is 10.6 Å². The summed E-state index contributed by atoms with van der Waals surface area (Å²) in [5, 5.41) is 13.8. The van der Waals surface area contributed by atoms with Crippen molar-refractivity contribution in [2.45, 2.75) is 32.4 Å². The average molecular weight is 249 g/mol. The predicted octanol–water partition coefficient (Wildman–Crippen LogP) is 2.62. The quantitative estimate of drug-likeness (QED) is 0.622. The highest BCUT2D eigenvalue weighted by atomic mass is 16.6. The summed E-state index contributed by atoms with van der Waals surface area (Å²) in [6, 6.07) is 6.10. The highest BCUT2D eigenvalue weighted by molar-refractivity contribution is 5.62. The number of nitrogens with one attached hydrogen (secondary N) is 1. The van der Waals surface area contributed by atoms with Gasteiger partial charge in [-0.2, -0.15) is 0 Å². The smallest absolute Gasteiger partial charge is 0.292 e. The first-order chi connectivity index (χ1) is 8.65. The zero-order valence-corrected chi connectivity index (χ0v) is 10.8. The molecule has 5 nitrogen and oxygen atoms in total. The molecule has 0 aliphatic heterocycles. The van der Waals surface area contributed by atoms with Gasteiger partial charge in [-0.25, -0.2) is 0 Å². The van der Waals surface area contributed by atoms with E-state index in [1.807, 2.05) is 6.07 Å². The molecule has 18 heavy (non-hydrogen) atoms. The van der Waals surface area contributed by atoms with E-state index in [0.717, 1.165) is 18.7 Å². The molecule has 1 fully saturated rings. The van der Waals surface area contributed by atoms with Crippen LogP contribution >= 0.6 is 0 Å². The van der Waals surface area contributed by atoms with Gasteiger partial charge in [0.25, 0.3) is 5.69 Å². The molecule has 0 atom stereocenters. The molecular weight excluding hydrogens is 230 g/mol. The van der Waals surface area contributed by atoms with Gasteiger partial charge in [0.1, 0.15) is 5.69 Å². The van der Waals surface area contributed by atoms with Crippen molar-refractivity contribution in [3.63, 3.8) is 0 Å². The van der Waals surface area contributed by atoms with Gasteiger partial charge in [0, 0.05) is 25.7 Å². The first kappa shape index (κ1) is 12.8. The zero-order chi connectivity index (χ0) is 13.1. The van der Waals surface area contributed by atoms with E-state index in [4.69, 9.17) is 0 Å². The van der Waals surface area contributed by atoms with Crippen molar-refractivity contribution in [3.05, 3.63) is 33.9 Å². The van der Waals surface area contributed by atoms with Crippen molar-refractivity contribution >= 4 is 11.4 Å². The molecule has 1 N–H and O–H groups in total. The first-order valence-electron chi connectivity index (χ1n) is 6.34. The van der Waals surface area contributed by atoms with E-state index < -0.39 is 0 Å². The minimum absolute atomic E-state index is 0.154. The van der Waals surface area contributed by atoms with E-state index >= 15 is 0 Å². The second kappa shape index (κ2) is 5.35. The summed E-state index contributed by atoms with van der Waals surface area (Å²) in [7, 11) is 1.70. The number of anilines is 1. The molecule has 0 aromatic heterocycles. The molecule has 2 rings (SSSR count). The van der Waals surface area contributed by atoms with Gasteiger partial charge in [-0.15, -0.1) is 0 Å². The summed E-state index contributed by atoms with van der Waals surface area (Å²) in [5.41, 5.74) is 1.73.